The summed E-state index contributed by atoms with van der Waals surface area (Å²) in [6, 6.07) is 0. The molecule has 5 atom stereocenters. The van der Waals surface area contributed by atoms with Crippen molar-refractivity contribution in [2.75, 3.05) is 13.7 Å². The lowest BCUT2D eigenvalue weighted by Crippen LogP contribution is -2.57. The second-order valence-corrected chi connectivity index (χ2v) is 3.93. The van der Waals surface area contributed by atoms with Gasteiger partial charge in [0.05, 0.1) is 12.2 Å². The van der Waals surface area contributed by atoms with Crippen LogP contribution in [0.4, 0.5) is 0 Å². The fraction of sp³-hybridized carbons (Fsp3) is 1.00. The summed E-state index contributed by atoms with van der Waals surface area (Å²) in [6.07, 6.45) is -1.83. The SMILES string of the molecule is COC1C(CCCO)O[C@@H](C)C(O)C1O. The Labute approximate surface area is 89.6 Å². The standard InChI is InChI=1S/C10H20O5/c1-6-8(12)9(13)10(14-2)7(15-6)4-3-5-11/h6-13H,3-5H2,1-2H3/t6-,7?,8?,9?,10?/m0/s1. The maximum absolute atomic E-state index is 9.76. The van der Waals surface area contributed by atoms with Gasteiger partial charge in [-0.15, -0.1) is 0 Å². The van der Waals surface area contributed by atoms with Crippen molar-refractivity contribution in [1.29, 1.82) is 0 Å². The molecule has 1 aliphatic rings. The van der Waals surface area contributed by atoms with E-state index in [-0.39, 0.29) is 12.7 Å². The molecule has 0 saturated carbocycles. The molecule has 15 heavy (non-hydrogen) atoms. The summed E-state index contributed by atoms with van der Waals surface area (Å²) in [7, 11) is 1.48. The van der Waals surface area contributed by atoms with Crippen LogP contribution in [0.3, 0.4) is 0 Å². The molecule has 0 aromatic carbocycles. The molecule has 0 amide bonds. The van der Waals surface area contributed by atoms with Gasteiger partial charge in [0.1, 0.15) is 18.3 Å². The van der Waals surface area contributed by atoms with Crippen LogP contribution in [-0.4, -0.2) is 59.6 Å². The molecule has 0 aliphatic carbocycles. The molecule has 1 aliphatic heterocycles. The van der Waals surface area contributed by atoms with Crippen LogP contribution >= 0.6 is 0 Å². The van der Waals surface area contributed by atoms with E-state index in [0.717, 1.165) is 0 Å². The second-order valence-electron chi connectivity index (χ2n) is 3.93. The van der Waals surface area contributed by atoms with Crippen LogP contribution in [0, 0.1) is 0 Å². The van der Waals surface area contributed by atoms with Gasteiger partial charge in [-0.1, -0.05) is 0 Å². The molecule has 0 bridgehead atoms. The molecule has 0 aromatic heterocycles. The monoisotopic (exact) mass is 220 g/mol. The van der Waals surface area contributed by atoms with E-state index in [9.17, 15) is 10.2 Å². The molecular formula is C10H20O5. The lowest BCUT2D eigenvalue weighted by molar-refractivity contribution is -0.226. The number of ether oxygens (including phenoxy) is 2. The topological polar surface area (TPSA) is 79.2 Å². The molecule has 0 radical (unpaired) electrons. The fourth-order valence-electron chi connectivity index (χ4n) is 1.94. The number of methoxy groups -OCH3 is 1. The minimum Gasteiger partial charge on any atom is -0.396 e. The first-order valence-electron chi connectivity index (χ1n) is 5.27. The van der Waals surface area contributed by atoms with Crippen molar-refractivity contribution in [2.24, 2.45) is 0 Å². The molecule has 3 N–H and O–H groups in total. The molecule has 90 valence electrons. The quantitative estimate of drug-likeness (QED) is 0.583. The van der Waals surface area contributed by atoms with E-state index in [1.807, 2.05) is 0 Å². The number of aliphatic hydroxyl groups is 3. The average Bonchev–Trinajstić information content (AvgIpc) is 2.23. The van der Waals surface area contributed by atoms with E-state index in [1.54, 1.807) is 6.92 Å². The third-order valence-electron chi connectivity index (χ3n) is 2.84. The van der Waals surface area contributed by atoms with Crippen molar-refractivity contribution < 1.29 is 24.8 Å². The zero-order chi connectivity index (χ0) is 11.4. The highest BCUT2D eigenvalue weighted by Gasteiger charge is 2.42. The van der Waals surface area contributed by atoms with E-state index < -0.39 is 24.4 Å². The first-order chi connectivity index (χ1) is 7.11. The number of hydrogen-bond acceptors (Lipinski definition) is 5. The molecule has 1 rings (SSSR count). The first-order valence-corrected chi connectivity index (χ1v) is 5.27. The lowest BCUT2D eigenvalue weighted by atomic mass is 9.93. The van der Waals surface area contributed by atoms with Crippen LogP contribution < -0.4 is 0 Å². The van der Waals surface area contributed by atoms with Gasteiger partial charge in [0.15, 0.2) is 0 Å². The van der Waals surface area contributed by atoms with Crippen molar-refractivity contribution in [3.05, 3.63) is 0 Å². The Hall–Kier alpha value is -0.200. The van der Waals surface area contributed by atoms with E-state index >= 15 is 0 Å². The second kappa shape index (κ2) is 5.77. The normalized spacial score (nSPS) is 41.8. The van der Waals surface area contributed by atoms with E-state index in [2.05, 4.69) is 0 Å². The molecule has 1 heterocycles. The summed E-state index contributed by atoms with van der Waals surface area (Å²) < 4.78 is 10.6. The summed E-state index contributed by atoms with van der Waals surface area (Å²) in [5.74, 6) is 0. The Kier molecular flexibility index (Phi) is 4.95. The molecule has 1 fully saturated rings. The van der Waals surface area contributed by atoms with E-state index in [1.165, 1.54) is 7.11 Å². The average molecular weight is 220 g/mol. The zero-order valence-electron chi connectivity index (χ0n) is 9.17. The Balaban J connectivity index is 2.60. The maximum Gasteiger partial charge on any atom is 0.112 e. The highest BCUT2D eigenvalue weighted by Crippen LogP contribution is 2.25. The van der Waals surface area contributed by atoms with E-state index in [4.69, 9.17) is 14.6 Å². The smallest absolute Gasteiger partial charge is 0.112 e. The fourth-order valence-corrected chi connectivity index (χ4v) is 1.94. The molecule has 0 spiro atoms. The molecule has 4 unspecified atom stereocenters. The molecule has 1 saturated heterocycles. The van der Waals surface area contributed by atoms with Crippen molar-refractivity contribution >= 4 is 0 Å². The molecule has 5 heteroatoms. The van der Waals surface area contributed by atoms with Crippen LogP contribution in [-0.2, 0) is 9.47 Å². The largest absolute Gasteiger partial charge is 0.396 e. The van der Waals surface area contributed by atoms with Crippen molar-refractivity contribution in [3.8, 4) is 0 Å². The van der Waals surface area contributed by atoms with Gasteiger partial charge >= 0.3 is 0 Å². The van der Waals surface area contributed by atoms with Gasteiger partial charge in [0.25, 0.3) is 0 Å². The van der Waals surface area contributed by atoms with Gasteiger partial charge in [-0.3, -0.25) is 0 Å². The van der Waals surface area contributed by atoms with Gasteiger partial charge in [0, 0.05) is 13.7 Å². The van der Waals surface area contributed by atoms with Crippen molar-refractivity contribution in [2.45, 2.75) is 50.3 Å². The Morgan fingerprint density at radius 2 is 1.93 bits per heavy atom. The lowest BCUT2D eigenvalue weighted by Gasteiger charge is -2.41. The Morgan fingerprint density at radius 3 is 2.47 bits per heavy atom. The number of rotatable bonds is 4. The molecule has 0 aromatic rings. The van der Waals surface area contributed by atoms with Crippen LogP contribution in [0.15, 0.2) is 0 Å². The summed E-state index contributed by atoms with van der Waals surface area (Å²) >= 11 is 0. The van der Waals surface area contributed by atoms with E-state index in [0.29, 0.717) is 12.8 Å². The number of hydrogen-bond donors (Lipinski definition) is 3. The Bertz CT molecular complexity index is 187. The summed E-state index contributed by atoms with van der Waals surface area (Å²) in [5.41, 5.74) is 0. The third-order valence-corrected chi connectivity index (χ3v) is 2.84. The van der Waals surface area contributed by atoms with Crippen LogP contribution in [0.2, 0.25) is 0 Å². The van der Waals surface area contributed by atoms with Gasteiger partial charge in [-0.05, 0) is 19.8 Å². The predicted octanol–water partition coefficient (Wildman–Crippen LogP) is -0.717. The summed E-state index contributed by atoms with van der Waals surface area (Å²) in [4.78, 5) is 0. The minimum absolute atomic E-state index is 0.0866. The van der Waals surface area contributed by atoms with Crippen LogP contribution in [0.5, 0.6) is 0 Å². The van der Waals surface area contributed by atoms with Gasteiger partial charge in [0.2, 0.25) is 0 Å². The highest BCUT2D eigenvalue weighted by atomic mass is 16.6. The Morgan fingerprint density at radius 1 is 1.27 bits per heavy atom. The molecule has 5 nitrogen and oxygen atoms in total. The van der Waals surface area contributed by atoms with Gasteiger partial charge < -0.3 is 24.8 Å². The highest BCUT2D eigenvalue weighted by molar-refractivity contribution is 4.91. The number of aliphatic hydroxyl groups excluding tert-OH is 3. The van der Waals surface area contributed by atoms with Crippen LogP contribution in [0.25, 0.3) is 0 Å². The summed E-state index contributed by atoms with van der Waals surface area (Å²) in [5, 5.41) is 28.1. The van der Waals surface area contributed by atoms with Crippen molar-refractivity contribution in [1.82, 2.24) is 0 Å². The van der Waals surface area contributed by atoms with Gasteiger partial charge in [-0.25, -0.2) is 0 Å². The third kappa shape index (κ3) is 2.89. The summed E-state index contributed by atoms with van der Waals surface area (Å²) in [6.45, 7) is 1.80. The maximum atomic E-state index is 9.76. The first kappa shape index (κ1) is 12.9. The molecular weight excluding hydrogens is 200 g/mol. The zero-order valence-corrected chi connectivity index (χ0v) is 9.17. The van der Waals surface area contributed by atoms with Crippen LogP contribution in [0.1, 0.15) is 19.8 Å². The minimum atomic E-state index is -0.928. The predicted molar refractivity (Wildman–Crippen MR) is 53.5 cm³/mol. The van der Waals surface area contributed by atoms with Crippen molar-refractivity contribution in [3.63, 3.8) is 0 Å². The van der Waals surface area contributed by atoms with Gasteiger partial charge in [-0.2, -0.15) is 0 Å².